The molecule has 34 heavy (non-hydrogen) atoms. The van der Waals surface area contributed by atoms with Crippen molar-refractivity contribution in [1.82, 2.24) is 14.8 Å². The molecule has 4 rings (SSSR count). The molecule has 1 N–H and O–H groups in total. The van der Waals surface area contributed by atoms with Crippen LogP contribution in [0.5, 0.6) is 11.5 Å². The van der Waals surface area contributed by atoms with Crippen LogP contribution < -0.4 is 14.8 Å². The van der Waals surface area contributed by atoms with E-state index in [1.54, 1.807) is 48.1 Å². The number of carbonyl (C=O) groups is 1. The molecule has 0 aliphatic rings. The number of benzene rings is 3. The van der Waals surface area contributed by atoms with Crippen LogP contribution in [0.1, 0.15) is 5.56 Å². The van der Waals surface area contributed by atoms with Crippen LogP contribution in [0.25, 0.3) is 17.1 Å². The third kappa shape index (κ3) is 5.04. The van der Waals surface area contributed by atoms with Crippen LogP contribution in [-0.2, 0) is 4.79 Å². The molecule has 3 aromatic carbocycles. The summed E-state index contributed by atoms with van der Waals surface area (Å²) in [6.07, 6.45) is 0. The van der Waals surface area contributed by atoms with Crippen LogP contribution in [0.15, 0.2) is 71.9 Å². The first kappa shape index (κ1) is 23.3. The summed E-state index contributed by atoms with van der Waals surface area (Å²) in [4.78, 5) is 12.6. The van der Waals surface area contributed by atoms with E-state index in [0.717, 1.165) is 11.3 Å². The molecule has 0 saturated carbocycles. The summed E-state index contributed by atoms with van der Waals surface area (Å²) < 4.78 is 26.8. The summed E-state index contributed by atoms with van der Waals surface area (Å²) in [5.41, 5.74) is 2.77. The molecule has 0 atom stereocenters. The number of nitrogens with one attached hydrogen (secondary N) is 1. The lowest BCUT2D eigenvalue weighted by atomic mass is 10.2. The third-order valence-corrected chi connectivity index (χ3v) is 5.97. The molecule has 0 spiro atoms. The zero-order chi connectivity index (χ0) is 24.1. The SMILES string of the molecule is COc1ccc(NC(=O)CSc2nnc(-c3ccccc3F)n2-c2ccc(C)cc2)cc1OC. The number of aryl methyl sites for hydroxylation is 1. The molecule has 7 nitrogen and oxygen atoms in total. The molecule has 174 valence electrons. The highest BCUT2D eigenvalue weighted by molar-refractivity contribution is 7.99. The Morgan fingerprint density at radius 2 is 1.74 bits per heavy atom. The van der Waals surface area contributed by atoms with Crippen molar-refractivity contribution in [2.45, 2.75) is 12.1 Å². The van der Waals surface area contributed by atoms with Crippen LogP contribution in [-0.4, -0.2) is 40.6 Å². The molecular formula is C25H23FN4O3S. The van der Waals surface area contributed by atoms with Gasteiger partial charge in [0.05, 0.1) is 25.5 Å². The minimum absolute atomic E-state index is 0.0790. The molecule has 1 aromatic heterocycles. The summed E-state index contributed by atoms with van der Waals surface area (Å²) >= 11 is 1.21. The van der Waals surface area contributed by atoms with Gasteiger partial charge in [0.15, 0.2) is 22.5 Å². The molecule has 0 fully saturated rings. The van der Waals surface area contributed by atoms with E-state index in [9.17, 15) is 9.18 Å². The molecule has 9 heteroatoms. The fraction of sp³-hybridized carbons (Fsp3) is 0.160. The number of rotatable bonds is 8. The van der Waals surface area contributed by atoms with E-state index in [1.807, 2.05) is 31.2 Å². The fourth-order valence-corrected chi connectivity index (χ4v) is 4.10. The Labute approximate surface area is 200 Å². The lowest BCUT2D eigenvalue weighted by Crippen LogP contribution is -2.14. The van der Waals surface area contributed by atoms with E-state index in [4.69, 9.17) is 9.47 Å². The number of aromatic nitrogens is 3. The molecule has 0 aliphatic heterocycles. The van der Waals surface area contributed by atoms with Gasteiger partial charge < -0.3 is 14.8 Å². The van der Waals surface area contributed by atoms with Crippen LogP contribution >= 0.6 is 11.8 Å². The molecule has 0 radical (unpaired) electrons. The van der Waals surface area contributed by atoms with Gasteiger partial charge >= 0.3 is 0 Å². The van der Waals surface area contributed by atoms with E-state index < -0.39 is 5.82 Å². The van der Waals surface area contributed by atoms with Gasteiger partial charge in [-0.15, -0.1) is 10.2 Å². The van der Waals surface area contributed by atoms with Crippen molar-refractivity contribution in [3.8, 4) is 28.6 Å². The predicted octanol–water partition coefficient (Wildman–Crippen LogP) is 5.13. The number of amides is 1. The molecule has 0 bridgehead atoms. The number of halogens is 1. The van der Waals surface area contributed by atoms with Crippen molar-refractivity contribution >= 4 is 23.4 Å². The standard InChI is InChI=1S/C25H23FN4O3S/c1-16-8-11-18(12-9-16)30-24(19-6-4-5-7-20(19)26)28-29-25(30)34-15-23(31)27-17-10-13-21(32-2)22(14-17)33-3/h4-14H,15H2,1-3H3,(H,27,31). The zero-order valence-corrected chi connectivity index (χ0v) is 19.7. The number of anilines is 1. The maximum atomic E-state index is 14.5. The lowest BCUT2D eigenvalue weighted by Gasteiger charge is -2.12. The minimum atomic E-state index is -0.397. The van der Waals surface area contributed by atoms with E-state index in [2.05, 4.69) is 15.5 Å². The molecule has 4 aromatic rings. The minimum Gasteiger partial charge on any atom is -0.493 e. The maximum absolute atomic E-state index is 14.5. The van der Waals surface area contributed by atoms with Gasteiger partial charge in [-0.1, -0.05) is 41.6 Å². The number of ether oxygens (including phenoxy) is 2. The van der Waals surface area contributed by atoms with Crippen molar-refractivity contribution in [1.29, 1.82) is 0 Å². The number of carbonyl (C=O) groups excluding carboxylic acids is 1. The Bertz CT molecular complexity index is 1310. The highest BCUT2D eigenvalue weighted by Crippen LogP contribution is 2.31. The van der Waals surface area contributed by atoms with Crippen LogP contribution in [0.4, 0.5) is 10.1 Å². The van der Waals surface area contributed by atoms with Crippen molar-refractivity contribution in [2.24, 2.45) is 0 Å². The van der Waals surface area contributed by atoms with Gasteiger partial charge in [-0.3, -0.25) is 9.36 Å². The van der Waals surface area contributed by atoms with Gasteiger partial charge in [0.2, 0.25) is 5.91 Å². The van der Waals surface area contributed by atoms with Gasteiger partial charge in [0, 0.05) is 17.4 Å². The van der Waals surface area contributed by atoms with Crippen molar-refractivity contribution in [3.05, 3.63) is 78.1 Å². The average Bonchev–Trinajstić information content (AvgIpc) is 3.27. The first-order chi connectivity index (χ1) is 16.5. The quantitative estimate of drug-likeness (QED) is 0.354. The fourth-order valence-electron chi connectivity index (χ4n) is 3.35. The van der Waals surface area contributed by atoms with Gasteiger partial charge in [-0.05, 0) is 43.3 Å². The first-order valence-electron chi connectivity index (χ1n) is 10.4. The second-order valence-electron chi connectivity index (χ2n) is 7.36. The van der Waals surface area contributed by atoms with Gasteiger partial charge in [-0.2, -0.15) is 0 Å². The summed E-state index contributed by atoms with van der Waals surface area (Å²) in [6, 6.07) is 19.3. The maximum Gasteiger partial charge on any atom is 0.234 e. The normalized spacial score (nSPS) is 10.7. The van der Waals surface area contributed by atoms with E-state index in [1.165, 1.54) is 24.9 Å². The lowest BCUT2D eigenvalue weighted by molar-refractivity contribution is -0.113. The smallest absolute Gasteiger partial charge is 0.234 e. The van der Waals surface area contributed by atoms with Crippen molar-refractivity contribution < 1.29 is 18.7 Å². The Balaban J connectivity index is 1.58. The molecule has 0 unspecified atom stereocenters. The van der Waals surface area contributed by atoms with Gasteiger partial charge in [0.25, 0.3) is 0 Å². The van der Waals surface area contributed by atoms with E-state index in [-0.39, 0.29) is 11.7 Å². The van der Waals surface area contributed by atoms with Crippen LogP contribution in [0.3, 0.4) is 0 Å². The number of hydrogen-bond donors (Lipinski definition) is 1. The second kappa shape index (κ2) is 10.4. The van der Waals surface area contributed by atoms with E-state index in [0.29, 0.717) is 33.7 Å². The molecule has 1 heterocycles. The van der Waals surface area contributed by atoms with Crippen LogP contribution in [0.2, 0.25) is 0 Å². The Kier molecular flexibility index (Phi) is 7.12. The number of nitrogens with zero attached hydrogens (tertiary/aromatic N) is 3. The second-order valence-corrected chi connectivity index (χ2v) is 8.31. The molecule has 1 amide bonds. The first-order valence-corrected chi connectivity index (χ1v) is 11.4. The largest absolute Gasteiger partial charge is 0.493 e. The predicted molar refractivity (Wildman–Crippen MR) is 130 cm³/mol. The van der Waals surface area contributed by atoms with Gasteiger partial charge in [-0.25, -0.2) is 4.39 Å². The van der Waals surface area contributed by atoms with Gasteiger partial charge in [0.1, 0.15) is 5.82 Å². The number of thioether (sulfide) groups is 1. The Hall–Kier alpha value is -3.85. The monoisotopic (exact) mass is 478 g/mol. The molecular weight excluding hydrogens is 455 g/mol. The topological polar surface area (TPSA) is 78.3 Å². The Morgan fingerprint density at radius 1 is 1.00 bits per heavy atom. The molecule has 0 aliphatic carbocycles. The number of hydrogen-bond acceptors (Lipinski definition) is 6. The average molecular weight is 479 g/mol. The summed E-state index contributed by atoms with van der Waals surface area (Å²) in [7, 11) is 3.08. The summed E-state index contributed by atoms with van der Waals surface area (Å²) in [5.74, 6) is 0.900. The zero-order valence-electron chi connectivity index (χ0n) is 18.9. The summed E-state index contributed by atoms with van der Waals surface area (Å²) in [5, 5.41) is 11.8. The van der Waals surface area contributed by atoms with Crippen molar-refractivity contribution in [2.75, 3.05) is 25.3 Å². The van der Waals surface area contributed by atoms with E-state index >= 15 is 0 Å². The van der Waals surface area contributed by atoms with Crippen molar-refractivity contribution in [3.63, 3.8) is 0 Å². The number of methoxy groups -OCH3 is 2. The third-order valence-electron chi connectivity index (χ3n) is 5.04. The highest BCUT2D eigenvalue weighted by Gasteiger charge is 2.19. The molecule has 0 saturated heterocycles. The highest BCUT2D eigenvalue weighted by atomic mass is 32.2. The summed E-state index contributed by atoms with van der Waals surface area (Å²) in [6.45, 7) is 1.99. The Morgan fingerprint density at radius 3 is 2.44 bits per heavy atom. The van der Waals surface area contributed by atoms with Crippen LogP contribution in [0, 0.1) is 12.7 Å².